The Morgan fingerprint density at radius 1 is 1.39 bits per heavy atom. The molecular weight excluding hydrogens is 228 g/mol. The maximum Gasteiger partial charge on any atom is 0.250 e. The summed E-state index contributed by atoms with van der Waals surface area (Å²) < 4.78 is 0. The number of carbonyl (C=O) groups excluding carboxylic acids is 1. The highest BCUT2D eigenvalue weighted by Crippen LogP contribution is 2.37. The van der Waals surface area contributed by atoms with Crippen molar-refractivity contribution in [1.82, 2.24) is 9.96 Å². The Morgan fingerprint density at radius 2 is 2.17 bits per heavy atom. The summed E-state index contributed by atoms with van der Waals surface area (Å²) in [5.74, 6) is 0.301. The van der Waals surface area contributed by atoms with Gasteiger partial charge in [-0.15, -0.1) is 0 Å². The summed E-state index contributed by atoms with van der Waals surface area (Å²) in [6.07, 6.45) is 7.12. The van der Waals surface area contributed by atoms with Crippen LogP contribution in [0.25, 0.3) is 0 Å². The summed E-state index contributed by atoms with van der Waals surface area (Å²) in [6, 6.07) is 1.17. The van der Waals surface area contributed by atoms with E-state index < -0.39 is 0 Å². The highest BCUT2D eigenvalue weighted by Gasteiger charge is 2.43. The Hall–Kier alpha value is -0.610. The molecule has 1 amide bonds. The summed E-state index contributed by atoms with van der Waals surface area (Å²) >= 11 is 0. The molecule has 0 bridgehead atoms. The zero-order valence-electron chi connectivity index (χ0n) is 11.9. The van der Waals surface area contributed by atoms with Crippen LogP contribution < -0.4 is 0 Å². The van der Waals surface area contributed by atoms with Crippen molar-refractivity contribution < 1.29 is 9.63 Å². The fourth-order valence-corrected chi connectivity index (χ4v) is 3.69. The molecule has 0 aromatic carbocycles. The summed E-state index contributed by atoms with van der Waals surface area (Å²) in [4.78, 5) is 20.0. The number of piperidine rings is 1. The van der Waals surface area contributed by atoms with Crippen molar-refractivity contribution in [1.29, 1.82) is 0 Å². The molecule has 2 fully saturated rings. The quantitative estimate of drug-likeness (QED) is 0.720. The van der Waals surface area contributed by atoms with Crippen molar-refractivity contribution in [3.63, 3.8) is 0 Å². The third-order valence-corrected chi connectivity index (χ3v) is 4.61. The van der Waals surface area contributed by atoms with Crippen molar-refractivity contribution in [2.45, 2.75) is 57.5 Å². The fraction of sp³-hybridized carbons (Fsp3) is 0.929. The first-order valence-corrected chi connectivity index (χ1v) is 7.26. The van der Waals surface area contributed by atoms with Gasteiger partial charge in [-0.1, -0.05) is 13.3 Å². The summed E-state index contributed by atoms with van der Waals surface area (Å²) in [5, 5.41) is 1.40. The van der Waals surface area contributed by atoms with E-state index in [1.165, 1.54) is 37.3 Å². The van der Waals surface area contributed by atoms with Gasteiger partial charge >= 0.3 is 0 Å². The van der Waals surface area contributed by atoms with Crippen LogP contribution in [0.15, 0.2) is 0 Å². The topological polar surface area (TPSA) is 32.8 Å². The third-order valence-electron chi connectivity index (χ3n) is 4.61. The lowest BCUT2D eigenvalue weighted by Gasteiger charge is -2.42. The van der Waals surface area contributed by atoms with Crippen LogP contribution in [-0.4, -0.2) is 48.7 Å². The van der Waals surface area contributed by atoms with E-state index in [0.29, 0.717) is 12.1 Å². The van der Waals surface area contributed by atoms with E-state index >= 15 is 0 Å². The van der Waals surface area contributed by atoms with Gasteiger partial charge in [0.2, 0.25) is 0 Å². The lowest BCUT2D eigenvalue weighted by atomic mass is 9.84. The standard InChI is InChI=1S/C14H26N2O2/c1-4-6-11-8-9-12(14(17)15(2)18-3)13-7-5-10-16(11)13/h11-13H,4-10H2,1-3H3/t11-,12+,13+/m1/s1. The molecule has 2 saturated heterocycles. The number of hydrogen-bond donors (Lipinski definition) is 0. The van der Waals surface area contributed by atoms with Crippen LogP contribution in [0, 0.1) is 5.92 Å². The number of nitrogens with zero attached hydrogens (tertiary/aromatic N) is 2. The van der Waals surface area contributed by atoms with Crippen LogP contribution in [0.4, 0.5) is 0 Å². The first-order valence-electron chi connectivity index (χ1n) is 7.26. The van der Waals surface area contributed by atoms with E-state index in [4.69, 9.17) is 4.84 Å². The molecule has 0 N–H and O–H groups in total. The van der Waals surface area contributed by atoms with Crippen molar-refractivity contribution in [3.8, 4) is 0 Å². The SMILES string of the molecule is CCC[C@@H]1CC[C@H](C(=O)N(C)OC)[C@@H]2CCCN12. The van der Waals surface area contributed by atoms with Crippen LogP contribution in [-0.2, 0) is 9.63 Å². The molecule has 0 saturated carbocycles. The smallest absolute Gasteiger partial charge is 0.250 e. The van der Waals surface area contributed by atoms with Gasteiger partial charge < -0.3 is 0 Å². The number of amides is 1. The molecule has 2 aliphatic rings. The highest BCUT2D eigenvalue weighted by atomic mass is 16.7. The normalized spacial score (nSPS) is 32.3. The second kappa shape index (κ2) is 6.02. The third kappa shape index (κ3) is 2.54. The van der Waals surface area contributed by atoms with Crippen molar-refractivity contribution >= 4 is 5.91 Å². The predicted molar refractivity (Wildman–Crippen MR) is 70.9 cm³/mol. The molecule has 0 aliphatic carbocycles. The summed E-state index contributed by atoms with van der Waals surface area (Å²) in [7, 11) is 3.28. The molecule has 0 spiro atoms. The lowest BCUT2D eigenvalue weighted by Crippen LogP contribution is -2.52. The van der Waals surface area contributed by atoms with E-state index in [1.54, 1.807) is 14.2 Å². The molecule has 0 unspecified atom stereocenters. The second-order valence-electron chi connectivity index (χ2n) is 5.59. The number of fused-ring (bicyclic) bond motifs is 1. The number of carbonyl (C=O) groups is 1. The minimum atomic E-state index is 0.144. The zero-order valence-corrected chi connectivity index (χ0v) is 11.9. The van der Waals surface area contributed by atoms with Crippen LogP contribution in [0.2, 0.25) is 0 Å². The van der Waals surface area contributed by atoms with E-state index in [0.717, 1.165) is 12.8 Å². The molecule has 0 radical (unpaired) electrons. The first kappa shape index (κ1) is 13.8. The van der Waals surface area contributed by atoms with Crippen LogP contribution in [0.1, 0.15) is 45.4 Å². The van der Waals surface area contributed by atoms with Crippen molar-refractivity contribution in [2.24, 2.45) is 5.92 Å². The van der Waals surface area contributed by atoms with Gasteiger partial charge in [0.05, 0.1) is 13.0 Å². The molecule has 0 aromatic rings. The minimum Gasteiger partial charge on any atom is -0.297 e. The molecule has 104 valence electrons. The second-order valence-corrected chi connectivity index (χ2v) is 5.59. The van der Waals surface area contributed by atoms with E-state index in [9.17, 15) is 4.79 Å². The fourth-order valence-electron chi connectivity index (χ4n) is 3.69. The van der Waals surface area contributed by atoms with Gasteiger partial charge in [-0.05, 0) is 38.6 Å². The molecule has 0 aromatic heterocycles. The van der Waals surface area contributed by atoms with Crippen LogP contribution in [0.3, 0.4) is 0 Å². The summed E-state index contributed by atoms with van der Waals surface area (Å²) in [5.41, 5.74) is 0. The molecule has 3 atom stereocenters. The monoisotopic (exact) mass is 254 g/mol. The van der Waals surface area contributed by atoms with Crippen LogP contribution in [0.5, 0.6) is 0 Å². The number of hydroxylamine groups is 2. The lowest BCUT2D eigenvalue weighted by molar-refractivity contribution is -0.177. The Bertz CT molecular complexity index is 296. The Morgan fingerprint density at radius 3 is 2.83 bits per heavy atom. The average Bonchev–Trinajstić information content (AvgIpc) is 2.87. The number of rotatable bonds is 4. The van der Waals surface area contributed by atoms with Gasteiger partial charge in [-0.2, -0.15) is 0 Å². The largest absolute Gasteiger partial charge is 0.297 e. The maximum absolute atomic E-state index is 12.3. The van der Waals surface area contributed by atoms with Gasteiger partial charge in [0.25, 0.3) is 5.91 Å². The van der Waals surface area contributed by atoms with Gasteiger partial charge in [0.1, 0.15) is 0 Å². The van der Waals surface area contributed by atoms with Gasteiger partial charge in [-0.25, -0.2) is 5.06 Å². The Labute approximate surface area is 110 Å². The Balaban J connectivity index is 2.05. The van der Waals surface area contributed by atoms with E-state index in [1.807, 2.05) is 0 Å². The van der Waals surface area contributed by atoms with Crippen molar-refractivity contribution in [3.05, 3.63) is 0 Å². The van der Waals surface area contributed by atoms with Crippen molar-refractivity contribution in [2.75, 3.05) is 20.7 Å². The molecular formula is C14H26N2O2. The highest BCUT2D eigenvalue weighted by molar-refractivity contribution is 5.78. The first-order chi connectivity index (χ1) is 8.69. The molecule has 2 aliphatic heterocycles. The van der Waals surface area contributed by atoms with Crippen LogP contribution >= 0.6 is 0 Å². The Kier molecular flexibility index (Phi) is 4.62. The minimum absolute atomic E-state index is 0.144. The van der Waals surface area contributed by atoms with Gasteiger partial charge in [-0.3, -0.25) is 14.5 Å². The van der Waals surface area contributed by atoms with E-state index in [-0.39, 0.29) is 11.8 Å². The molecule has 4 heteroatoms. The molecule has 2 rings (SSSR count). The average molecular weight is 254 g/mol. The van der Waals surface area contributed by atoms with Gasteiger partial charge in [0, 0.05) is 19.1 Å². The zero-order chi connectivity index (χ0) is 13.1. The maximum atomic E-state index is 12.3. The summed E-state index contributed by atoms with van der Waals surface area (Å²) in [6.45, 7) is 3.43. The van der Waals surface area contributed by atoms with E-state index in [2.05, 4.69) is 11.8 Å². The van der Waals surface area contributed by atoms with Gasteiger partial charge in [0.15, 0.2) is 0 Å². The molecule has 2 heterocycles. The molecule has 4 nitrogen and oxygen atoms in total. The molecule has 18 heavy (non-hydrogen) atoms. The number of hydrogen-bond acceptors (Lipinski definition) is 3. The predicted octanol–water partition coefficient (Wildman–Crippen LogP) is 2.05.